The van der Waals surface area contributed by atoms with E-state index in [4.69, 9.17) is 4.74 Å². The number of hydrogen-bond donors (Lipinski definition) is 1. The van der Waals surface area contributed by atoms with Crippen molar-refractivity contribution in [1.82, 2.24) is 4.98 Å². The second-order valence-corrected chi connectivity index (χ2v) is 3.62. The first kappa shape index (κ1) is 10.5. The summed E-state index contributed by atoms with van der Waals surface area (Å²) >= 11 is 0. The SMILES string of the molecule is C/C=C\c1cc2[nH]cc(C)c2cc1OC=O. The fourth-order valence-electron chi connectivity index (χ4n) is 1.77. The lowest BCUT2D eigenvalue weighted by molar-refractivity contribution is -0.120. The Bertz CT molecular complexity index is 552. The van der Waals surface area contributed by atoms with Crippen LogP contribution in [0.4, 0.5) is 0 Å². The Labute approximate surface area is 93.7 Å². The fraction of sp³-hybridized carbons (Fsp3) is 0.154. The molecule has 0 radical (unpaired) electrons. The second kappa shape index (κ2) is 4.23. The molecule has 0 bridgehead atoms. The normalized spacial score (nSPS) is 11.1. The van der Waals surface area contributed by atoms with Gasteiger partial charge in [0.15, 0.2) is 0 Å². The lowest BCUT2D eigenvalue weighted by atomic mass is 10.1. The zero-order chi connectivity index (χ0) is 11.5. The van der Waals surface area contributed by atoms with Crippen LogP contribution in [-0.2, 0) is 4.79 Å². The van der Waals surface area contributed by atoms with Gasteiger partial charge in [0.05, 0.1) is 0 Å². The maximum Gasteiger partial charge on any atom is 0.298 e. The maximum absolute atomic E-state index is 10.4. The van der Waals surface area contributed by atoms with Crippen LogP contribution >= 0.6 is 0 Å². The minimum absolute atomic E-state index is 0.455. The summed E-state index contributed by atoms with van der Waals surface area (Å²) in [7, 11) is 0. The predicted molar refractivity (Wildman–Crippen MR) is 64.4 cm³/mol. The first-order chi connectivity index (χ1) is 7.76. The van der Waals surface area contributed by atoms with Crippen molar-refractivity contribution >= 4 is 23.5 Å². The summed E-state index contributed by atoms with van der Waals surface area (Å²) in [5.41, 5.74) is 3.07. The maximum atomic E-state index is 10.4. The Morgan fingerprint density at radius 2 is 2.19 bits per heavy atom. The van der Waals surface area contributed by atoms with Crippen molar-refractivity contribution < 1.29 is 9.53 Å². The number of nitrogens with one attached hydrogen (secondary N) is 1. The van der Waals surface area contributed by atoms with Gasteiger partial charge in [0.25, 0.3) is 6.47 Å². The van der Waals surface area contributed by atoms with Crippen LogP contribution in [0, 0.1) is 6.92 Å². The second-order valence-electron chi connectivity index (χ2n) is 3.62. The van der Waals surface area contributed by atoms with Crippen LogP contribution in [0.25, 0.3) is 17.0 Å². The molecule has 3 heteroatoms. The van der Waals surface area contributed by atoms with E-state index in [9.17, 15) is 4.79 Å². The molecule has 3 nitrogen and oxygen atoms in total. The molecular weight excluding hydrogens is 202 g/mol. The van der Waals surface area contributed by atoms with Crippen molar-refractivity contribution in [3.8, 4) is 5.75 Å². The van der Waals surface area contributed by atoms with Gasteiger partial charge in [-0.05, 0) is 31.5 Å². The van der Waals surface area contributed by atoms with E-state index in [1.165, 1.54) is 0 Å². The molecular formula is C13H13NO2. The number of aromatic amines is 1. The lowest BCUT2D eigenvalue weighted by Crippen LogP contribution is -1.91. The number of fused-ring (bicyclic) bond motifs is 1. The standard InChI is InChI=1S/C13H13NO2/c1-3-4-10-5-12-11(9(2)7-14-12)6-13(10)16-8-15/h3-8,14H,1-2H3/b4-3-. The number of carbonyl (C=O) groups is 1. The first-order valence-corrected chi connectivity index (χ1v) is 5.11. The lowest BCUT2D eigenvalue weighted by Gasteiger charge is -2.04. The molecule has 1 N–H and O–H groups in total. The molecule has 2 aromatic rings. The van der Waals surface area contributed by atoms with Crippen molar-refractivity contribution in [2.45, 2.75) is 13.8 Å². The highest BCUT2D eigenvalue weighted by molar-refractivity contribution is 5.87. The summed E-state index contributed by atoms with van der Waals surface area (Å²) in [5.74, 6) is 0.586. The van der Waals surface area contributed by atoms with Gasteiger partial charge in [0.1, 0.15) is 5.75 Å². The molecule has 82 valence electrons. The zero-order valence-corrected chi connectivity index (χ0v) is 9.28. The highest BCUT2D eigenvalue weighted by Gasteiger charge is 2.06. The van der Waals surface area contributed by atoms with E-state index in [2.05, 4.69) is 4.98 Å². The van der Waals surface area contributed by atoms with Crippen LogP contribution in [0.3, 0.4) is 0 Å². The molecule has 16 heavy (non-hydrogen) atoms. The summed E-state index contributed by atoms with van der Waals surface area (Å²) in [4.78, 5) is 13.6. The molecule has 0 fully saturated rings. The van der Waals surface area contributed by atoms with E-state index in [1.54, 1.807) is 0 Å². The number of hydrogen-bond acceptors (Lipinski definition) is 2. The van der Waals surface area contributed by atoms with Crippen LogP contribution < -0.4 is 4.74 Å². The number of ether oxygens (including phenoxy) is 1. The molecule has 0 amide bonds. The number of rotatable bonds is 3. The molecule has 1 aromatic carbocycles. The number of H-pyrrole nitrogens is 1. The number of aryl methyl sites for hydroxylation is 1. The topological polar surface area (TPSA) is 42.1 Å². The third-order valence-electron chi connectivity index (χ3n) is 2.54. The van der Waals surface area contributed by atoms with Gasteiger partial charge in [-0.1, -0.05) is 12.2 Å². The summed E-state index contributed by atoms with van der Waals surface area (Å²) in [6, 6.07) is 3.85. The number of benzene rings is 1. The van der Waals surface area contributed by atoms with Gasteiger partial charge in [-0.3, -0.25) is 4.79 Å². The van der Waals surface area contributed by atoms with Crippen molar-refractivity contribution in [3.63, 3.8) is 0 Å². The van der Waals surface area contributed by atoms with Crippen LogP contribution in [0.2, 0.25) is 0 Å². The monoisotopic (exact) mass is 215 g/mol. The molecule has 0 saturated heterocycles. The summed E-state index contributed by atoms with van der Waals surface area (Å²) in [6.45, 7) is 4.39. The van der Waals surface area contributed by atoms with Gasteiger partial charge in [-0.15, -0.1) is 0 Å². The third-order valence-corrected chi connectivity index (χ3v) is 2.54. The van der Waals surface area contributed by atoms with Crippen LogP contribution in [0.5, 0.6) is 5.75 Å². The van der Waals surface area contributed by atoms with E-state index in [0.29, 0.717) is 12.2 Å². The highest BCUT2D eigenvalue weighted by Crippen LogP contribution is 2.28. The van der Waals surface area contributed by atoms with Crippen molar-refractivity contribution in [1.29, 1.82) is 0 Å². The van der Waals surface area contributed by atoms with Gasteiger partial charge in [0.2, 0.25) is 0 Å². The molecule has 1 heterocycles. The summed E-state index contributed by atoms with van der Waals surface area (Å²) in [5, 5.41) is 1.07. The molecule has 2 rings (SSSR count). The van der Waals surface area contributed by atoms with E-state index in [-0.39, 0.29) is 0 Å². The average Bonchev–Trinajstić information content (AvgIpc) is 2.62. The third kappa shape index (κ3) is 1.72. The van der Waals surface area contributed by atoms with Gasteiger partial charge >= 0.3 is 0 Å². The number of allylic oxidation sites excluding steroid dienone is 1. The molecule has 0 saturated carbocycles. The van der Waals surface area contributed by atoms with Crippen molar-refractivity contribution in [2.75, 3.05) is 0 Å². The Morgan fingerprint density at radius 1 is 1.38 bits per heavy atom. The van der Waals surface area contributed by atoms with Crippen LogP contribution in [0.1, 0.15) is 18.1 Å². The first-order valence-electron chi connectivity index (χ1n) is 5.11. The number of carbonyl (C=O) groups excluding carboxylic acids is 1. The largest absolute Gasteiger partial charge is 0.428 e. The Hall–Kier alpha value is -2.03. The predicted octanol–water partition coefficient (Wildman–Crippen LogP) is 3.04. The Kier molecular flexibility index (Phi) is 2.77. The molecule has 0 aliphatic heterocycles. The zero-order valence-electron chi connectivity index (χ0n) is 9.28. The molecule has 0 unspecified atom stereocenters. The van der Waals surface area contributed by atoms with Crippen molar-refractivity contribution in [2.24, 2.45) is 0 Å². The van der Waals surface area contributed by atoms with Gasteiger partial charge in [-0.25, -0.2) is 0 Å². The minimum atomic E-state index is 0.455. The van der Waals surface area contributed by atoms with E-state index >= 15 is 0 Å². The fourth-order valence-corrected chi connectivity index (χ4v) is 1.77. The van der Waals surface area contributed by atoms with Crippen molar-refractivity contribution in [3.05, 3.63) is 35.5 Å². The minimum Gasteiger partial charge on any atom is -0.428 e. The quantitative estimate of drug-likeness (QED) is 0.799. The van der Waals surface area contributed by atoms with E-state index in [0.717, 1.165) is 22.0 Å². The van der Waals surface area contributed by atoms with E-state index < -0.39 is 0 Å². The Balaban J connectivity index is 2.67. The molecule has 0 atom stereocenters. The molecule has 0 spiro atoms. The molecule has 0 aliphatic rings. The van der Waals surface area contributed by atoms with Crippen LogP contribution in [0.15, 0.2) is 24.4 Å². The smallest absolute Gasteiger partial charge is 0.298 e. The van der Waals surface area contributed by atoms with Gasteiger partial charge in [0, 0.05) is 22.7 Å². The van der Waals surface area contributed by atoms with Gasteiger partial charge < -0.3 is 9.72 Å². The van der Waals surface area contributed by atoms with Gasteiger partial charge in [-0.2, -0.15) is 0 Å². The number of aromatic nitrogens is 1. The van der Waals surface area contributed by atoms with E-state index in [1.807, 2.05) is 44.3 Å². The molecule has 0 aliphatic carbocycles. The Morgan fingerprint density at radius 3 is 2.88 bits per heavy atom. The highest BCUT2D eigenvalue weighted by atomic mass is 16.5. The summed E-state index contributed by atoms with van der Waals surface area (Å²) in [6.07, 6.45) is 5.76. The average molecular weight is 215 g/mol. The van der Waals surface area contributed by atoms with Crippen LogP contribution in [-0.4, -0.2) is 11.5 Å². The molecule has 1 aromatic heterocycles. The summed E-state index contributed by atoms with van der Waals surface area (Å²) < 4.78 is 4.98.